The second-order valence-corrected chi connectivity index (χ2v) is 4.90. The molecule has 0 bridgehead atoms. The van der Waals surface area contributed by atoms with Gasteiger partial charge in [-0.05, 0) is 12.0 Å². The lowest BCUT2D eigenvalue weighted by atomic mass is 9.96. The number of carboxylic acids is 1. The predicted octanol–water partition coefficient (Wildman–Crippen LogP) is 3.02. The van der Waals surface area contributed by atoms with Gasteiger partial charge in [-0.2, -0.15) is 0 Å². The molecule has 19 heavy (non-hydrogen) atoms. The van der Waals surface area contributed by atoms with Crippen LogP contribution < -0.4 is 5.32 Å². The summed E-state index contributed by atoms with van der Waals surface area (Å²) < 4.78 is 0. The van der Waals surface area contributed by atoms with Crippen LogP contribution in [0.5, 0.6) is 0 Å². The Morgan fingerprint density at radius 3 is 2.58 bits per heavy atom. The average Bonchev–Trinajstić information content (AvgIpc) is 2.29. The summed E-state index contributed by atoms with van der Waals surface area (Å²) in [5.74, 6) is -1.46. The molecule has 7 heteroatoms. The van der Waals surface area contributed by atoms with Crippen molar-refractivity contribution in [2.24, 2.45) is 11.8 Å². The van der Waals surface area contributed by atoms with Gasteiger partial charge in [-0.15, -0.1) is 0 Å². The molecular weight excluding hydrogens is 272 g/mol. The van der Waals surface area contributed by atoms with Crippen molar-refractivity contribution in [1.82, 2.24) is 0 Å². The van der Waals surface area contributed by atoms with Crippen molar-refractivity contribution in [3.63, 3.8) is 0 Å². The normalized spacial score (nSPS) is 12.2. The van der Waals surface area contributed by atoms with Crippen LogP contribution >= 0.6 is 11.6 Å². The zero-order chi connectivity index (χ0) is 14.6. The standard InChI is InChI=1S/C12H15ClN2O4/c1-7(2)9(12(16)17)6-14-11-4-3-8(15(18)19)5-10(11)13/h3-5,7,9,14H,6H2,1-2H3,(H,16,17). The van der Waals surface area contributed by atoms with Crippen LogP contribution in [-0.2, 0) is 4.79 Å². The molecule has 0 fully saturated rings. The molecule has 0 aliphatic carbocycles. The zero-order valence-electron chi connectivity index (χ0n) is 10.6. The second-order valence-electron chi connectivity index (χ2n) is 4.49. The highest BCUT2D eigenvalue weighted by Gasteiger charge is 2.21. The van der Waals surface area contributed by atoms with E-state index in [0.29, 0.717) is 5.69 Å². The third-order valence-electron chi connectivity index (χ3n) is 2.80. The molecule has 0 heterocycles. The smallest absolute Gasteiger partial charge is 0.308 e. The van der Waals surface area contributed by atoms with Gasteiger partial charge in [0.2, 0.25) is 0 Å². The minimum Gasteiger partial charge on any atom is -0.481 e. The van der Waals surface area contributed by atoms with Crippen molar-refractivity contribution >= 4 is 28.9 Å². The molecule has 0 aliphatic rings. The summed E-state index contributed by atoms with van der Waals surface area (Å²) in [4.78, 5) is 21.0. The number of halogens is 1. The average molecular weight is 287 g/mol. The first-order chi connectivity index (χ1) is 8.82. The lowest BCUT2D eigenvalue weighted by Crippen LogP contribution is -2.27. The van der Waals surface area contributed by atoms with Crippen molar-refractivity contribution in [2.45, 2.75) is 13.8 Å². The lowest BCUT2D eigenvalue weighted by molar-refractivity contribution is -0.384. The summed E-state index contributed by atoms with van der Waals surface area (Å²) in [5, 5.41) is 22.7. The molecule has 1 unspecified atom stereocenters. The van der Waals surface area contributed by atoms with Crippen LogP contribution in [0.15, 0.2) is 18.2 Å². The van der Waals surface area contributed by atoms with Crippen molar-refractivity contribution in [1.29, 1.82) is 0 Å². The molecule has 0 aliphatic heterocycles. The molecule has 0 radical (unpaired) electrons. The molecule has 2 N–H and O–H groups in total. The second kappa shape index (κ2) is 6.38. The number of aliphatic carboxylic acids is 1. The molecule has 1 atom stereocenters. The van der Waals surface area contributed by atoms with Crippen LogP contribution in [0.25, 0.3) is 0 Å². The Morgan fingerprint density at radius 2 is 2.16 bits per heavy atom. The fourth-order valence-electron chi connectivity index (χ4n) is 1.59. The van der Waals surface area contributed by atoms with Gasteiger partial charge in [0.25, 0.3) is 5.69 Å². The van der Waals surface area contributed by atoms with Crippen molar-refractivity contribution in [2.75, 3.05) is 11.9 Å². The highest BCUT2D eigenvalue weighted by molar-refractivity contribution is 6.33. The summed E-state index contributed by atoms with van der Waals surface area (Å²) in [6.45, 7) is 3.85. The van der Waals surface area contributed by atoms with Gasteiger partial charge in [0.05, 0.1) is 21.6 Å². The number of hydrogen-bond acceptors (Lipinski definition) is 4. The van der Waals surface area contributed by atoms with E-state index in [1.54, 1.807) is 0 Å². The first-order valence-electron chi connectivity index (χ1n) is 5.73. The zero-order valence-corrected chi connectivity index (χ0v) is 11.3. The Kier molecular flexibility index (Phi) is 5.11. The van der Waals surface area contributed by atoms with E-state index in [4.69, 9.17) is 16.7 Å². The molecule has 0 saturated carbocycles. The summed E-state index contributed by atoms with van der Waals surface area (Å²) in [5.41, 5.74) is 0.383. The molecule has 1 rings (SSSR count). The molecule has 6 nitrogen and oxygen atoms in total. The summed E-state index contributed by atoms with van der Waals surface area (Å²) in [7, 11) is 0. The monoisotopic (exact) mass is 286 g/mol. The first kappa shape index (κ1) is 15.2. The fourth-order valence-corrected chi connectivity index (χ4v) is 1.83. The Balaban J connectivity index is 2.78. The van der Waals surface area contributed by atoms with E-state index in [2.05, 4.69) is 5.32 Å². The number of nitro benzene ring substituents is 1. The SMILES string of the molecule is CC(C)C(CNc1ccc([N+](=O)[O-])cc1Cl)C(=O)O. The van der Waals surface area contributed by atoms with E-state index in [1.807, 2.05) is 13.8 Å². The van der Waals surface area contributed by atoms with Crippen LogP contribution in [0.4, 0.5) is 11.4 Å². The van der Waals surface area contributed by atoms with Crippen molar-refractivity contribution in [3.8, 4) is 0 Å². The molecule has 0 saturated heterocycles. The van der Waals surface area contributed by atoms with Gasteiger partial charge in [-0.3, -0.25) is 14.9 Å². The predicted molar refractivity (Wildman–Crippen MR) is 72.6 cm³/mol. The van der Waals surface area contributed by atoms with Crippen molar-refractivity contribution < 1.29 is 14.8 Å². The third-order valence-corrected chi connectivity index (χ3v) is 3.11. The largest absolute Gasteiger partial charge is 0.481 e. The Hall–Kier alpha value is -1.82. The van der Waals surface area contributed by atoms with Gasteiger partial charge < -0.3 is 10.4 Å². The van der Waals surface area contributed by atoms with E-state index >= 15 is 0 Å². The number of non-ortho nitro benzene ring substituents is 1. The van der Waals surface area contributed by atoms with Crippen LogP contribution in [0.3, 0.4) is 0 Å². The maximum atomic E-state index is 11.0. The number of rotatable bonds is 6. The number of carboxylic acid groups (broad SMARTS) is 1. The number of hydrogen-bond donors (Lipinski definition) is 2. The number of nitrogens with one attached hydrogen (secondary N) is 1. The van der Waals surface area contributed by atoms with E-state index in [-0.39, 0.29) is 23.2 Å². The van der Waals surface area contributed by atoms with Gasteiger partial charge in [-0.25, -0.2) is 0 Å². The van der Waals surface area contributed by atoms with Gasteiger partial charge in [-0.1, -0.05) is 25.4 Å². The minimum absolute atomic E-state index is 0.0261. The van der Waals surface area contributed by atoms with Crippen LogP contribution in [0, 0.1) is 22.0 Å². The van der Waals surface area contributed by atoms with Crippen molar-refractivity contribution in [3.05, 3.63) is 33.3 Å². The Morgan fingerprint density at radius 1 is 1.53 bits per heavy atom. The molecule has 1 aromatic rings. The number of carbonyl (C=O) groups is 1. The number of nitro groups is 1. The van der Waals surface area contributed by atoms with Gasteiger partial charge in [0.15, 0.2) is 0 Å². The topological polar surface area (TPSA) is 92.5 Å². The fraction of sp³-hybridized carbons (Fsp3) is 0.417. The lowest BCUT2D eigenvalue weighted by Gasteiger charge is -2.17. The molecular formula is C12H15ClN2O4. The minimum atomic E-state index is -0.888. The van der Waals surface area contributed by atoms with E-state index < -0.39 is 16.8 Å². The van der Waals surface area contributed by atoms with Crippen LogP contribution in [0.1, 0.15) is 13.8 Å². The highest BCUT2D eigenvalue weighted by atomic mass is 35.5. The van der Waals surface area contributed by atoms with E-state index in [9.17, 15) is 14.9 Å². The number of benzene rings is 1. The molecule has 0 spiro atoms. The molecule has 0 amide bonds. The van der Waals surface area contributed by atoms with E-state index in [1.165, 1.54) is 18.2 Å². The summed E-state index contributed by atoms with van der Waals surface area (Å²) in [6, 6.07) is 4.02. The molecule has 104 valence electrons. The number of anilines is 1. The Labute approximate surface area is 115 Å². The van der Waals surface area contributed by atoms with Crippen LogP contribution in [0.2, 0.25) is 5.02 Å². The van der Waals surface area contributed by atoms with Gasteiger partial charge in [0, 0.05) is 18.7 Å². The van der Waals surface area contributed by atoms with Gasteiger partial charge >= 0.3 is 5.97 Å². The highest BCUT2D eigenvalue weighted by Crippen LogP contribution is 2.27. The molecule has 0 aromatic heterocycles. The number of nitrogens with zero attached hydrogens (tertiary/aromatic N) is 1. The first-order valence-corrected chi connectivity index (χ1v) is 6.11. The quantitative estimate of drug-likeness (QED) is 0.619. The maximum absolute atomic E-state index is 11.0. The summed E-state index contributed by atoms with van der Waals surface area (Å²) in [6.07, 6.45) is 0. The third kappa shape index (κ3) is 4.10. The van der Waals surface area contributed by atoms with Gasteiger partial charge in [0.1, 0.15) is 0 Å². The van der Waals surface area contributed by atoms with E-state index in [0.717, 1.165) is 0 Å². The molecule has 1 aromatic carbocycles. The van der Waals surface area contributed by atoms with Crippen LogP contribution in [-0.4, -0.2) is 22.5 Å². The maximum Gasteiger partial charge on any atom is 0.308 e. The summed E-state index contributed by atoms with van der Waals surface area (Å²) >= 11 is 5.90. The Bertz CT molecular complexity index is 491.